The van der Waals surface area contributed by atoms with E-state index in [4.69, 9.17) is 0 Å². The van der Waals surface area contributed by atoms with Gasteiger partial charge in [-0.1, -0.05) is 13.8 Å². The van der Waals surface area contributed by atoms with Crippen LogP contribution in [-0.2, 0) is 9.53 Å². The van der Waals surface area contributed by atoms with Crippen LogP contribution in [0.1, 0.15) is 20.8 Å². The highest BCUT2D eigenvalue weighted by Crippen LogP contribution is 2.08. The summed E-state index contributed by atoms with van der Waals surface area (Å²) in [5, 5.41) is 2.10. The van der Waals surface area contributed by atoms with Gasteiger partial charge in [0.15, 0.2) is 5.78 Å². The number of ether oxygens (including phenoxy) is 1. The quantitative estimate of drug-likeness (QED) is 0.700. The van der Waals surface area contributed by atoms with Crippen LogP contribution in [0.2, 0.25) is 0 Å². The molecule has 0 radical (unpaired) electrons. The van der Waals surface area contributed by atoms with Gasteiger partial charge in [-0.05, 0) is 12.8 Å². The van der Waals surface area contributed by atoms with Gasteiger partial charge in [-0.2, -0.15) is 12.6 Å². The molecule has 1 amide bonds. The number of hydrogen-bond donors (Lipinski definition) is 2. The monoisotopic (exact) mass is 219 g/mol. The van der Waals surface area contributed by atoms with E-state index < -0.39 is 12.1 Å². The van der Waals surface area contributed by atoms with Crippen molar-refractivity contribution in [2.24, 2.45) is 5.92 Å². The highest BCUT2D eigenvalue weighted by atomic mass is 32.1. The van der Waals surface area contributed by atoms with E-state index in [1.165, 1.54) is 7.11 Å². The topological polar surface area (TPSA) is 55.4 Å². The third-order valence-electron chi connectivity index (χ3n) is 1.84. The standard InChI is InChI=1S/C9H17NO3S/c1-5(2)7(8(11)6(3)14)10-9(12)13-4/h5-7,14H,1-4H3,(H,10,12). The second kappa shape index (κ2) is 5.90. The molecule has 0 spiro atoms. The molecule has 0 bridgehead atoms. The Balaban J connectivity index is 4.45. The Bertz CT molecular complexity index is 216. The van der Waals surface area contributed by atoms with Crippen molar-refractivity contribution in [3.05, 3.63) is 0 Å². The largest absolute Gasteiger partial charge is 0.453 e. The molecule has 0 saturated carbocycles. The fraction of sp³-hybridized carbons (Fsp3) is 0.778. The predicted molar refractivity (Wildman–Crippen MR) is 57.6 cm³/mol. The first-order valence-electron chi connectivity index (χ1n) is 4.46. The van der Waals surface area contributed by atoms with E-state index in [-0.39, 0.29) is 17.0 Å². The van der Waals surface area contributed by atoms with Crippen LogP contribution in [-0.4, -0.2) is 30.3 Å². The summed E-state index contributed by atoms with van der Waals surface area (Å²) in [6.07, 6.45) is -0.592. The van der Waals surface area contributed by atoms with Gasteiger partial charge in [0.25, 0.3) is 0 Å². The molecule has 0 rings (SSSR count). The number of Topliss-reactive ketones (excluding diaryl/α,β-unsaturated/α-hetero) is 1. The van der Waals surface area contributed by atoms with Crippen molar-refractivity contribution in [2.75, 3.05) is 7.11 Å². The van der Waals surface area contributed by atoms with Gasteiger partial charge in [-0.3, -0.25) is 4.79 Å². The SMILES string of the molecule is COC(=O)NC(C(=O)C(C)S)C(C)C. The minimum atomic E-state index is -0.592. The van der Waals surface area contributed by atoms with Crippen LogP contribution in [0.15, 0.2) is 0 Å². The van der Waals surface area contributed by atoms with Gasteiger partial charge in [0.1, 0.15) is 0 Å². The van der Waals surface area contributed by atoms with Crippen LogP contribution in [0.25, 0.3) is 0 Å². The summed E-state index contributed by atoms with van der Waals surface area (Å²) < 4.78 is 4.43. The molecule has 5 heteroatoms. The third-order valence-corrected chi connectivity index (χ3v) is 2.10. The van der Waals surface area contributed by atoms with E-state index in [1.54, 1.807) is 6.92 Å². The maximum absolute atomic E-state index is 11.6. The lowest BCUT2D eigenvalue weighted by atomic mass is 9.98. The van der Waals surface area contributed by atoms with Gasteiger partial charge >= 0.3 is 6.09 Å². The first kappa shape index (κ1) is 13.3. The summed E-state index contributed by atoms with van der Waals surface area (Å²) in [7, 11) is 1.27. The molecule has 0 aromatic carbocycles. The van der Waals surface area contributed by atoms with E-state index >= 15 is 0 Å². The number of methoxy groups -OCH3 is 1. The maximum atomic E-state index is 11.6. The van der Waals surface area contributed by atoms with E-state index in [2.05, 4.69) is 22.7 Å². The zero-order valence-electron chi connectivity index (χ0n) is 8.90. The van der Waals surface area contributed by atoms with Crippen LogP contribution >= 0.6 is 12.6 Å². The number of amides is 1. The van der Waals surface area contributed by atoms with Crippen LogP contribution in [0.3, 0.4) is 0 Å². The molecule has 0 fully saturated rings. The minimum absolute atomic E-state index is 0.0243. The minimum Gasteiger partial charge on any atom is -0.453 e. The molecule has 4 nitrogen and oxygen atoms in total. The Labute approximate surface area is 89.8 Å². The lowest BCUT2D eigenvalue weighted by Gasteiger charge is -2.21. The molecular formula is C9H17NO3S. The summed E-state index contributed by atoms with van der Waals surface area (Å²) in [4.78, 5) is 22.5. The Morgan fingerprint density at radius 3 is 2.07 bits per heavy atom. The summed E-state index contributed by atoms with van der Waals surface area (Å²) in [6.45, 7) is 5.39. The summed E-state index contributed by atoms with van der Waals surface area (Å²) in [5.41, 5.74) is 0. The first-order chi connectivity index (χ1) is 6.40. The lowest BCUT2D eigenvalue weighted by Crippen LogP contribution is -2.46. The predicted octanol–water partition coefficient (Wildman–Crippen LogP) is 1.25. The van der Waals surface area contributed by atoms with Crippen molar-refractivity contribution in [3.8, 4) is 0 Å². The normalized spacial score (nSPS) is 14.7. The molecule has 2 unspecified atom stereocenters. The molecule has 0 aliphatic rings. The summed E-state index contributed by atoms with van der Waals surface area (Å²) in [5.74, 6) is -0.0788. The van der Waals surface area contributed by atoms with E-state index in [0.717, 1.165) is 0 Å². The fourth-order valence-electron chi connectivity index (χ4n) is 1.01. The van der Waals surface area contributed by atoms with Crippen molar-refractivity contribution >= 4 is 24.5 Å². The van der Waals surface area contributed by atoms with Crippen LogP contribution in [0, 0.1) is 5.92 Å². The van der Waals surface area contributed by atoms with Gasteiger partial charge < -0.3 is 10.1 Å². The second-order valence-corrected chi connectivity index (χ2v) is 4.21. The maximum Gasteiger partial charge on any atom is 0.407 e. The Morgan fingerprint density at radius 2 is 1.79 bits per heavy atom. The number of hydrogen-bond acceptors (Lipinski definition) is 4. The number of thiol groups is 1. The molecule has 0 aliphatic heterocycles. The van der Waals surface area contributed by atoms with Crippen LogP contribution in [0.4, 0.5) is 4.79 Å². The molecule has 0 heterocycles. The fourth-order valence-corrected chi connectivity index (χ4v) is 1.17. The highest BCUT2D eigenvalue weighted by Gasteiger charge is 2.26. The van der Waals surface area contributed by atoms with E-state index in [1.807, 2.05) is 13.8 Å². The number of carbonyl (C=O) groups excluding carboxylic acids is 2. The molecule has 0 aromatic heterocycles. The van der Waals surface area contributed by atoms with Gasteiger partial charge in [0.2, 0.25) is 0 Å². The van der Waals surface area contributed by atoms with Crippen LogP contribution < -0.4 is 5.32 Å². The Hall–Kier alpha value is -0.710. The lowest BCUT2D eigenvalue weighted by molar-refractivity contribution is -0.121. The molecule has 82 valence electrons. The van der Waals surface area contributed by atoms with Crippen molar-refractivity contribution < 1.29 is 14.3 Å². The number of rotatable bonds is 4. The highest BCUT2D eigenvalue weighted by molar-refractivity contribution is 7.81. The zero-order chi connectivity index (χ0) is 11.3. The molecular weight excluding hydrogens is 202 g/mol. The Kier molecular flexibility index (Phi) is 5.60. The van der Waals surface area contributed by atoms with Crippen LogP contribution in [0.5, 0.6) is 0 Å². The van der Waals surface area contributed by atoms with Gasteiger partial charge in [0, 0.05) is 0 Å². The molecule has 0 aliphatic carbocycles. The number of ketones is 1. The van der Waals surface area contributed by atoms with Gasteiger partial charge in [-0.25, -0.2) is 4.79 Å². The van der Waals surface area contributed by atoms with Gasteiger partial charge in [0.05, 0.1) is 18.4 Å². The number of alkyl carbamates (subject to hydrolysis) is 1. The van der Waals surface area contributed by atoms with Crippen molar-refractivity contribution in [3.63, 3.8) is 0 Å². The molecule has 2 atom stereocenters. The smallest absolute Gasteiger partial charge is 0.407 e. The second-order valence-electron chi connectivity index (χ2n) is 3.44. The molecule has 0 saturated heterocycles. The zero-order valence-corrected chi connectivity index (χ0v) is 9.80. The van der Waals surface area contributed by atoms with E-state index in [9.17, 15) is 9.59 Å². The van der Waals surface area contributed by atoms with Crippen molar-refractivity contribution in [2.45, 2.75) is 32.1 Å². The molecule has 0 aromatic rings. The summed E-state index contributed by atoms with van der Waals surface area (Å²) >= 11 is 4.04. The van der Waals surface area contributed by atoms with E-state index in [0.29, 0.717) is 0 Å². The first-order valence-corrected chi connectivity index (χ1v) is 4.98. The van der Waals surface area contributed by atoms with Crippen molar-refractivity contribution in [1.82, 2.24) is 5.32 Å². The van der Waals surface area contributed by atoms with Crippen molar-refractivity contribution in [1.29, 1.82) is 0 Å². The number of nitrogens with one attached hydrogen (secondary N) is 1. The molecule has 14 heavy (non-hydrogen) atoms. The average Bonchev–Trinajstić information content (AvgIpc) is 2.11. The Morgan fingerprint density at radius 1 is 1.29 bits per heavy atom. The van der Waals surface area contributed by atoms with Gasteiger partial charge in [-0.15, -0.1) is 0 Å². The molecule has 1 N–H and O–H groups in total. The summed E-state index contributed by atoms with van der Waals surface area (Å²) in [6, 6.07) is -0.532. The third kappa shape index (κ3) is 4.00. The average molecular weight is 219 g/mol. The number of carbonyl (C=O) groups is 2.